The molecule has 0 spiro atoms. The molecule has 1 atom stereocenters. The highest BCUT2D eigenvalue weighted by Crippen LogP contribution is 2.35. The van der Waals surface area contributed by atoms with E-state index >= 15 is 0 Å². The zero-order chi connectivity index (χ0) is 27.9. The van der Waals surface area contributed by atoms with Crippen LogP contribution in [0, 0.1) is 5.82 Å². The highest BCUT2D eigenvalue weighted by atomic mass is 19.1. The molecular weight excluding hydrogens is 511 g/mol. The molecular formula is C31H31FN4O4. The number of carbonyl (C=O) groups is 2. The number of nitrogens with one attached hydrogen (secondary N) is 1. The highest BCUT2D eigenvalue weighted by molar-refractivity contribution is 5.92. The summed E-state index contributed by atoms with van der Waals surface area (Å²) in [5.74, 6) is 0.593. The number of urea groups is 1. The number of benzene rings is 3. The number of rotatable bonds is 9. The van der Waals surface area contributed by atoms with E-state index < -0.39 is 11.8 Å². The van der Waals surface area contributed by atoms with Crippen LogP contribution < -0.4 is 10.1 Å². The van der Waals surface area contributed by atoms with Crippen molar-refractivity contribution >= 4 is 17.6 Å². The fourth-order valence-corrected chi connectivity index (χ4v) is 4.84. The molecule has 0 fully saturated rings. The van der Waals surface area contributed by atoms with Gasteiger partial charge in [-0.25, -0.2) is 9.18 Å². The Morgan fingerprint density at radius 2 is 1.73 bits per heavy atom. The lowest BCUT2D eigenvalue weighted by atomic mass is 9.99. The van der Waals surface area contributed by atoms with Gasteiger partial charge in [0.25, 0.3) is 0 Å². The van der Waals surface area contributed by atoms with Crippen molar-refractivity contribution in [3.8, 4) is 11.5 Å². The van der Waals surface area contributed by atoms with Crippen molar-refractivity contribution in [1.29, 1.82) is 0 Å². The second kappa shape index (κ2) is 12.5. The van der Waals surface area contributed by atoms with Gasteiger partial charge in [0.05, 0.1) is 18.3 Å². The van der Waals surface area contributed by atoms with Crippen LogP contribution in [-0.4, -0.2) is 59.7 Å². The summed E-state index contributed by atoms with van der Waals surface area (Å²) in [6.45, 7) is 1.29. The smallest absolute Gasteiger partial charge is 0.322 e. The Morgan fingerprint density at radius 1 is 0.950 bits per heavy atom. The van der Waals surface area contributed by atoms with Crippen molar-refractivity contribution in [3.63, 3.8) is 0 Å². The number of fused-ring (bicyclic) bond motifs is 1. The first-order chi connectivity index (χ1) is 19.5. The topological polar surface area (TPSA) is 76.0 Å². The molecule has 9 heteroatoms. The second-order valence-corrected chi connectivity index (χ2v) is 9.43. The van der Waals surface area contributed by atoms with Crippen LogP contribution in [0.15, 0.2) is 97.2 Å². The van der Waals surface area contributed by atoms with Crippen molar-refractivity contribution in [3.05, 3.63) is 114 Å². The summed E-state index contributed by atoms with van der Waals surface area (Å²) in [7, 11) is 1.52. The summed E-state index contributed by atoms with van der Waals surface area (Å²) in [6, 6.07) is 26.1. The van der Waals surface area contributed by atoms with E-state index in [0.29, 0.717) is 24.6 Å². The molecule has 3 aromatic carbocycles. The van der Waals surface area contributed by atoms with Gasteiger partial charge in [0, 0.05) is 38.6 Å². The highest BCUT2D eigenvalue weighted by Gasteiger charge is 2.33. The van der Waals surface area contributed by atoms with Crippen LogP contribution >= 0.6 is 0 Å². The van der Waals surface area contributed by atoms with Gasteiger partial charge in [-0.15, -0.1) is 0 Å². The predicted molar refractivity (Wildman–Crippen MR) is 150 cm³/mol. The summed E-state index contributed by atoms with van der Waals surface area (Å²) in [5, 5.41) is 2.58. The van der Waals surface area contributed by atoms with Crippen LogP contribution in [0.3, 0.4) is 0 Å². The fraction of sp³-hybridized carbons (Fsp3) is 0.226. The van der Waals surface area contributed by atoms with E-state index in [4.69, 9.17) is 9.47 Å². The standard InChI is InChI=1S/C31H31FN4O4/c1-39-20-19-35(31(38)33-27-14-6-5-13-26(27)32)22-29(37)36-18-17-34-16-8-15-28(34)30(36)23-9-7-12-25(21-23)40-24-10-3-2-4-11-24/h2-16,21,30H,17-20,22H2,1H3,(H,33,38)/t30-/m0/s1. The molecule has 1 aliphatic heterocycles. The Bertz CT molecular complexity index is 1460. The van der Waals surface area contributed by atoms with Crippen molar-refractivity contribution in [2.24, 2.45) is 0 Å². The Morgan fingerprint density at radius 3 is 2.52 bits per heavy atom. The maximum absolute atomic E-state index is 14.2. The SMILES string of the molecule is COCCN(CC(=O)N1CCn2cccc2[C@@H]1c1cccc(Oc2ccccc2)c1)C(=O)Nc1ccccc1F. The molecule has 2 heterocycles. The van der Waals surface area contributed by atoms with Crippen molar-refractivity contribution < 1.29 is 23.5 Å². The fourth-order valence-electron chi connectivity index (χ4n) is 4.84. The molecule has 40 heavy (non-hydrogen) atoms. The number of anilines is 1. The number of amides is 3. The van der Waals surface area contributed by atoms with E-state index in [9.17, 15) is 14.0 Å². The van der Waals surface area contributed by atoms with Crippen LogP contribution in [0.5, 0.6) is 11.5 Å². The number of carbonyl (C=O) groups excluding carboxylic acids is 2. The second-order valence-electron chi connectivity index (χ2n) is 9.43. The largest absolute Gasteiger partial charge is 0.457 e. The van der Waals surface area contributed by atoms with Gasteiger partial charge in [0.1, 0.15) is 23.9 Å². The molecule has 0 aliphatic carbocycles. The van der Waals surface area contributed by atoms with E-state index in [1.807, 2.05) is 72.9 Å². The number of hydrogen-bond donors (Lipinski definition) is 1. The zero-order valence-electron chi connectivity index (χ0n) is 22.2. The zero-order valence-corrected chi connectivity index (χ0v) is 22.2. The average molecular weight is 543 g/mol. The van der Waals surface area contributed by atoms with Gasteiger partial charge in [-0.05, 0) is 54.1 Å². The van der Waals surface area contributed by atoms with E-state index in [-0.39, 0.29) is 37.3 Å². The molecule has 8 nitrogen and oxygen atoms in total. The van der Waals surface area contributed by atoms with Gasteiger partial charge >= 0.3 is 6.03 Å². The van der Waals surface area contributed by atoms with Gasteiger partial charge in [-0.2, -0.15) is 0 Å². The first kappa shape index (κ1) is 27.0. The summed E-state index contributed by atoms with van der Waals surface area (Å²) in [4.78, 5) is 30.1. The Kier molecular flexibility index (Phi) is 8.41. The number of para-hydroxylation sites is 2. The van der Waals surface area contributed by atoms with Crippen molar-refractivity contribution in [2.75, 3.05) is 38.7 Å². The van der Waals surface area contributed by atoms with Crippen LogP contribution in [0.25, 0.3) is 0 Å². The minimum Gasteiger partial charge on any atom is -0.457 e. The summed E-state index contributed by atoms with van der Waals surface area (Å²) in [6.07, 6.45) is 2.00. The molecule has 0 unspecified atom stereocenters. The molecule has 5 rings (SSSR count). The first-order valence-electron chi connectivity index (χ1n) is 13.1. The lowest BCUT2D eigenvalue weighted by molar-refractivity contribution is -0.134. The molecule has 4 aromatic rings. The van der Waals surface area contributed by atoms with E-state index in [1.54, 1.807) is 17.0 Å². The molecule has 3 amide bonds. The third-order valence-electron chi connectivity index (χ3n) is 6.81. The number of ether oxygens (including phenoxy) is 2. The lowest BCUT2D eigenvalue weighted by Crippen LogP contribution is -2.49. The predicted octanol–water partition coefficient (Wildman–Crippen LogP) is 5.53. The van der Waals surface area contributed by atoms with Crippen LogP contribution in [0.4, 0.5) is 14.9 Å². The van der Waals surface area contributed by atoms with Gasteiger partial charge in [0.2, 0.25) is 5.91 Å². The number of hydrogen-bond acceptors (Lipinski definition) is 4. The summed E-state index contributed by atoms with van der Waals surface area (Å²) < 4.78 is 27.6. The number of halogens is 1. The minimum absolute atomic E-state index is 0.0475. The summed E-state index contributed by atoms with van der Waals surface area (Å²) >= 11 is 0. The van der Waals surface area contributed by atoms with E-state index in [2.05, 4.69) is 9.88 Å². The number of nitrogens with zero attached hydrogens (tertiary/aromatic N) is 3. The van der Waals surface area contributed by atoms with Gasteiger partial charge in [-0.1, -0.05) is 42.5 Å². The van der Waals surface area contributed by atoms with E-state index in [1.165, 1.54) is 24.1 Å². The third-order valence-corrected chi connectivity index (χ3v) is 6.81. The summed E-state index contributed by atoms with van der Waals surface area (Å²) in [5.41, 5.74) is 1.91. The molecule has 0 saturated heterocycles. The van der Waals surface area contributed by atoms with Crippen LogP contribution in [-0.2, 0) is 16.1 Å². The molecule has 0 bridgehead atoms. The van der Waals surface area contributed by atoms with E-state index in [0.717, 1.165) is 11.3 Å². The molecule has 1 N–H and O–H groups in total. The van der Waals surface area contributed by atoms with Crippen molar-refractivity contribution in [2.45, 2.75) is 12.6 Å². The molecule has 0 saturated carbocycles. The van der Waals surface area contributed by atoms with Crippen LogP contribution in [0.1, 0.15) is 17.3 Å². The Balaban J connectivity index is 1.39. The molecule has 206 valence electrons. The molecule has 1 aliphatic rings. The Labute approximate surface area is 232 Å². The van der Waals surface area contributed by atoms with Crippen molar-refractivity contribution in [1.82, 2.24) is 14.4 Å². The Hall–Kier alpha value is -4.63. The normalized spacial score (nSPS) is 14.3. The number of methoxy groups -OCH3 is 1. The van der Waals surface area contributed by atoms with Gasteiger partial charge in [-0.3, -0.25) is 4.79 Å². The van der Waals surface area contributed by atoms with Gasteiger partial charge < -0.3 is 29.2 Å². The van der Waals surface area contributed by atoms with Crippen LogP contribution in [0.2, 0.25) is 0 Å². The maximum atomic E-state index is 14.2. The molecule has 1 aromatic heterocycles. The number of aromatic nitrogens is 1. The van der Waals surface area contributed by atoms with Gasteiger partial charge in [0.15, 0.2) is 0 Å². The quantitative estimate of drug-likeness (QED) is 0.302. The maximum Gasteiger partial charge on any atom is 0.322 e. The minimum atomic E-state index is -0.578. The lowest BCUT2D eigenvalue weighted by Gasteiger charge is -2.38. The monoisotopic (exact) mass is 542 g/mol. The third kappa shape index (κ3) is 6.16. The molecule has 0 radical (unpaired) electrons. The average Bonchev–Trinajstić information content (AvgIpc) is 3.45. The first-order valence-corrected chi connectivity index (χ1v) is 13.1.